The number of rotatable bonds is 11. The van der Waals surface area contributed by atoms with Crippen LogP contribution in [0.5, 0.6) is 5.75 Å². The smallest absolute Gasteiger partial charge is 0.869 e. The van der Waals surface area contributed by atoms with E-state index in [1.807, 2.05) is 0 Å². The Hall–Kier alpha value is -4.92. The second kappa shape index (κ2) is 19.4. The van der Waals surface area contributed by atoms with Gasteiger partial charge in [0.2, 0.25) is 16.5 Å². The summed E-state index contributed by atoms with van der Waals surface area (Å²) in [5.41, 5.74) is -3.36. The molecule has 0 heterocycles. The normalized spacial score (nSPS) is 15.8. The Bertz CT molecular complexity index is 2710. The number of hydrogen-bond donors (Lipinski definition) is 5. The first kappa shape index (κ1) is 46.8. The van der Waals surface area contributed by atoms with Crippen LogP contribution in [0.1, 0.15) is 11.1 Å². The maximum absolute atomic E-state index is 13.6. The number of azo groups is 2. The molecular weight excluding hydrogens is 835 g/mol. The summed E-state index contributed by atoms with van der Waals surface area (Å²) in [6.07, 6.45) is 1.34. The summed E-state index contributed by atoms with van der Waals surface area (Å²) >= 11 is 0. The van der Waals surface area contributed by atoms with Crippen molar-refractivity contribution in [3.8, 4) is 5.75 Å². The van der Waals surface area contributed by atoms with Gasteiger partial charge in [0.25, 0.3) is 10.1 Å². The van der Waals surface area contributed by atoms with E-state index >= 15 is 0 Å². The van der Waals surface area contributed by atoms with E-state index in [9.17, 15) is 51.4 Å². The molecule has 4 aromatic rings. The van der Waals surface area contributed by atoms with Crippen molar-refractivity contribution in [3.05, 3.63) is 137 Å². The number of ether oxygens (including phenoxy) is 1. The Morgan fingerprint density at radius 1 is 0.814 bits per heavy atom. The molecule has 0 amide bonds. The topological polar surface area (TPSA) is 310 Å². The van der Waals surface area contributed by atoms with Crippen LogP contribution in [0.3, 0.4) is 0 Å². The molecule has 290 valence electrons. The zero-order valence-electron chi connectivity index (χ0n) is 30.8. The Kier molecular flexibility index (Phi) is 15.4. The van der Waals surface area contributed by atoms with Crippen LogP contribution in [0.15, 0.2) is 156 Å². The van der Waals surface area contributed by atoms with Gasteiger partial charge in [0.1, 0.15) is 33.5 Å². The summed E-state index contributed by atoms with van der Waals surface area (Å²) in [6, 6.07) is 21.2. The number of methoxy groups -OCH3 is 1. The van der Waals surface area contributed by atoms with Crippen LogP contribution in [0.2, 0.25) is 0 Å². The van der Waals surface area contributed by atoms with Gasteiger partial charge < -0.3 is 15.2 Å². The van der Waals surface area contributed by atoms with E-state index in [4.69, 9.17) is 4.74 Å². The van der Waals surface area contributed by atoms with Crippen LogP contribution in [-0.2, 0) is 34.4 Å². The molecule has 0 atom stereocenters. The number of fused-ring (bicyclic) bond motifs is 1. The van der Waals surface area contributed by atoms with E-state index in [-0.39, 0.29) is 104 Å². The summed E-state index contributed by atoms with van der Waals surface area (Å²) in [4.78, 5) is 25.3. The van der Waals surface area contributed by atoms with Crippen LogP contribution in [0.25, 0.3) is 10.2 Å². The standard InChI is InChI=1S/C35H26N8O12S2.2Na/c1-55-29-10-6-5-9-24(29)38-42-33-34(45)26(39-37-20-11-14-25(31(15-20)57(52,53)54)36-19-7-3-2-4-8-19)17-27(35(33)46)40-41-32-22-13-12-21(43(47)48)16-23(22)30(18-28(32)44)56(49,50)51;;/h2-18,47-48H,1H3,(H4-,36,38,39,40,44,45,46,49,50,51,52,53,54);;/q;2*+1/p-1. The zero-order valence-corrected chi connectivity index (χ0v) is 36.4. The van der Waals surface area contributed by atoms with Crippen LogP contribution < -0.4 is 74.2 Å². The van der Waals surface area contributed by atoms with Crippen LogP contribution in [0, 0.1) is 0 Å². The van der Waals surface area contributed by atoms with E-state index in [0.29, 0.717) is 11.8 Å². The molecule has 2 aliphatic carbocycles. The minimum absolute atomic E-state index is 0. The molecule has 59 heavy (non-hydrogen) atoms. The molecule has 0 spiro atoms. The van der Waals surface area contributed by atoms with Crippen molar-refractivity contribution >= 4 is 76.9 Å². The average Bonchev–Trinajstić information content (AvgIpc) is 3.17. The van der Waals surface area contributed by atoms with E-state index in [0.717, 1.165) is 30.3 Å². The quantitative estimate of drug-likeness (QED) is 0.0332. The van der Waals surface area contributed by atoms with Crippen molar-refractivity contribution in [1.82, 2.24) is 0 Å². The zero-order chi connectivity index (χ0) is 41.1. The van der Waals surface area contributed by atoms with E-state index in [2.05, 4.69) is 36.0 Å². The molecule has 0 radical (unpaired) electrons. The van der Waals surface area contributed by atoms with E-state index in [1.165, 1.54) is 31.4 Å². The first-order valence-electron chi connectivity index (χ1n) is 15.8. The maximum Gasteiger partial charge on any atom is 1.00 e. The molecule has 0 aliphatic heterocycles. The molecular formula is C35H25N8Na2O12S2+. The molecule has 5 N–H and O–H groups in total. The Morgan fingerprint density at radius 3 is 2.17 bits per heavy atom. The van der Waals surface area contributed by atoms with Gasteiger partial charge in [-0.25, -0.2) is 0 Å². The van der Waals surface area contributed by atoms with Gasteiger partial charge in [0.15, 0.2) is 0 Å². The van der Waals surface area contributed by atoms with Gasteiger partial charge in [0.05, 0.1) is 24.2 Å². The summed E-state index contributed by atoms with van der Waals surface area (Å²) in [5.74, 6) is -3.12. The first-order chi connectivity index (χ1) is 27.0. The molecule has 0 saturated carbocycles. The van der Waals surface area contributed by atoms with Crippen molar-refractivity contribution in [2.45, 2.75) is 4.90 Å². The van der Waals surface area contributed by atoms with Crippen LogP contribution in [-0.4, -0.2) is 62.6 Å². The Morgan fingerprint density at radius 2 is 1.51 bits per heavy atom. The van der Waals surface area contributed by atoms with Crippen LogP contribution in [0.4, 0.5) is 28.4 Å². The second-order valence-electron chi connectivity index (χ2n) is 11.5. The Labute approximate surface area is 379 Å². The molecule has 20 nitrogen and oxygen atoms in total. The van der Waals surface area contributed by atoms with E-state index in [1.54, 1.807) is 42.5 Å². The fraction of sp³-hybridized carbons (Fsp3) is 0.0286. The molecule has 24 heteroatoms. The van der Waals surface area contributed by atoms with Gasteiger partial charge in [-0.3, -0.25) is 24.6 Å². The molecule has 0 unspecified atom stereocenters. The van der Waals surface area contributed by atoms with Crippen molar-refractivity contribution in [2.24, 2.45) is 30.7 Å². The molecule has 0 saturated heterocycles. The second-order valence-corrected chi connectivity index (χ2v) is 14.3. The predicted molar refractivity (Wildman–Crippen MR) is 200 cm³/mol. The van der Waals surface area contributed by atoms with Crippen molar-refractivity contribution in [2.75, 3.05) is 12.3 Å². The van der Waals surface area contributed by atoms with Crippen LogP contribution >= 0.6 is 0 Å². The number of nitrogens with zero attached hydrogens (tertiary/aromatic N) is 8. The number of allylic oxidation sites excluding steroid dienone is 3. The number of hydrogen-bond acceptors (Lipinski definition) is 16. The number of benzene rings is 4. The largest absolute Gasteiger partial charge is 1.00 e. The monoisotopic (exact) mass is 859 g/mol. The molecule has 6 rings (SSSR count). The minimum atomic E-state index is -5.03. The Balaban J connectivity index is 0.00000384. The fourth-order valence-corrected chi connectivity index (χ4v) is 6.53. The minimum Gasteiger partial charge on any atom is -0.869 e. The van der Waals surface area contributed by atoms with Crippen molar-refractivity contribution < 1.29 is 115 Å². The SMILES string of the molecule is COc1ccccc1N=NC1=C([O-])C(N=Nc2ccc([N-]c3ccccc3)c([S+](=O)(O)O)c2)=CC(=NN=C2C(=O)C=C(S(=O)(=O)O)c3cc(N(O)O)ccc32)C1=O.[Na+].[Na+]. The average molecular weight is 860 g/mol. The summed E-state index contributed by atoms with van der Waals surface area (Å²) < 4.78 is 71.7. The number of anilines is 1. The van der Waals surface area contributed by atoms with Gasteiger partial charge in [-0.1, -0.05) is 54.2 Å². The van der Waals surface area contributed by atoms with Gasteiger partial charge in [-0.05, 0) is 52.4 Å². The molecule has 0 bridgehead atoms. The van der Waals surface area contributed by atoms with Crippen molar-refractivity contribution in [1.29, 1.82) is 0 Å². The molecule has 0 fully saturated rings. The summed E-state index contributed by atoms with van der Waals surface area (Å²) in [5, 5.41) is 59.8. The number of carbonyl (C=O) groups excluding carboxylic acids is 2. The van der Waals surface area contributed by atoms with Gasteiger partial charge in [-0.2, -0.15) is 27.8 Å². The number of Topliss-reactive ketones (excluding diaryl/α,β-unsaturated/α-hetero) is 1. The third kappa shape index (κ3) is 10.8. The molecule has 4 aromatic carbocycles. The predicted octanol–water partition coefficient (Wildman–Crippen LogP) is -0.00790. The summed E-state index contributed by atoms with van der Waals surface area (Å²) in [7, 11) is -8.29. The molecule has 0 aromatic heterocycles. The number of carbonyl (C=O) groups is 2. The van der Waals surface area contributed by atoms with E-state index < -0.39 is 70.6 Å². The molecule has 2 aliphatic rings. The number of ketones is 2. The fourth-order valence-electron chi connectivity index (χ4n) is 5.17. The van der Waals surface area contributed by atoms with Crippen molar-refractivity contribution in [3.63, 3.8) is 0 Å². The third-order valence-corrected chi connectivity index (χ3v) is 9.60. The van der Waals surface area contributed by atoms with Gasteiger partial charge in [0, 0.05) is 23.3 Å². The number of para-hydroxylation sites is 2. The first-order valence-corrected chi connectivity index (χ1v) is 18.7. The maximum atomic E-state index is 13.6. The van der Waals surface area contributed by atoms with Gasteiger partial charge >= 0.3 is 69.6 Å². The third-order valence-electron chi connectivity index (χ3n) is 7.81. The summed E-state index contributed by atoms with van der Waals surface area (Å²) in [6.45, 7) is 0. The van der Waals surface area contributed by atoms with Gasteiger partial charge in [-0.15, -0.1) is 31.3 Å².